The number of hydrogen-bond acceptors (Lipinski definition) is 5. The molecule has 0 aliphatic heterocycles. The second-order valence-corrected chi connectivity index (χ2v) is 6.31. The first-order valence-corrected chi connectivity index (χ1v) is 7.51. The maximum absolute atomic E-state index is 11.4. The SMILES string of the molecule is CC(=O)NCC(O)C(O)c1cccc(S(C)(=O)=O)c1. The van der Waals surface area contributed by atoms with Crippen molar-refractivity contribution in [3.8, 4) is 0 Å². The van der Waals surface area contributed by atoms with Gasteiger partial charge >= 0.3 is 0 Å². The van der Waals surface area contributed by atoms with Crippen LogP contribution in [-0.4, -0.2) is 43.4 Å². The summed E-state index contributed by atoms with van der Waals surface area (Å²) >= 11 is 0. The van der Waals surface area contributed by atoms with Gasteiger partial charge in [-0.1, -0.05) is 12.1 Å². The van der Waals surface area contributed by atoms with E-state index in [-0.39, 0.29) is 22.9 Å². The van der Waals surface area contributed by atoms with Crippen LogP contribution in [0.4, 0.5) is 0 Å². The van der Waals surface area contributed by atoms with Gasteiger partial charge in [0.25, 0.3) is 0 Å². The summed E-state index contributed by atoms with van der Waals surface area (Å²) in [5, 5.41) is 22.0. The standard InChI is InChI=1S/C12H17NO5S/c1-8(14)13-7-11(15)12(16)9-4-3-5-10(6-9)19(2,17)18/h3-6,11-12,15-16H,7H2,1-2H3,(H,13,14). The molecule has 0 aromatic heterocycles. The zero-order chi connectivity index (χ0) is 14.6. The van der Waals surface area contributed by atoms with E-state index in [9.17, 15) is 23.4 Å². The number of carbonyl (C=O) groups excluding carboxylic acids is 1. The number of sulfone groups is 1. The minimum absolute atomic E-state index is 0.0655. The van der Waals surface area contributed by atoms with E-state index in [4.69, 9.17) is 0 Å². The average Bonchev–Trinajstić information content (AvgIpc) is 2.34. The summed E-state index contributed by atoms with van der Waals surface area (Å²) in [6, 6.07) is 5.71. The van der Waals surface area contributed by atoms with Crippen LogP contribution in [0.25, 0.3) is 0 Å². The Kier molecular flexibility index (Phi) is 5.04. The molecule has 106 valence electrons. The minimum atomic E-state index is -3.37. The van der Waals surface area contributed by atoms with Crippen LogP contribution in [0.2, 0.25) is 0 Å². The number of nitrogens with one attached hydrogen (secondary N) is 1. The maximum atomic E-state index is 11.4. The van der Waals surface area contributed by atoms with Gasteiger partial charge in [0.15, 0.2) is 9.84 Å². The molecule has 7 heteroatoms. The van der Waals surface area contributed by atoms with Crippen LogP contribution >= 0.6 is 0 Å². The molecule has 0 radical (unpaired) electrons. The summed E-state index contributed by atoms with van der Waals surface area (Å²) in [6.07, 6.45) is -1.42. The fraction of sp³-hybridized carbons (Fsp3) is 0.417. The Morgan fingerprint density at radius 1 is 1.37 bits per heavy atom. The van der Waals surface area contributed by atoms with Crippen molar-refractivity contribution in [1.29, 1.82) is 0 Å². The van der Waals surface area contributed by atoms with E-state index in [1.54, 1.807) is 0 Å². The molecule has 1 amide bonds. The van der Waals surface area contributed by atoms with Crippen LogP contribution in [-0.2, 0) is 14.6 Å². The number of carbonyl (C=O) groups is 1. The van der Waals surface area contributed by atoms with Crippen molar-refractivity contribution < 1.29 is 23.4 Å². The van der Waals surface area contributed by atoms with Crippen LogP contribution in [0.1, 0.15) is 18.6 Å². The predicted octanol–water partition coefficient (Wildman–Crippen LogP) is -0.380. The largest absolute Gasteiger partial charge is 0.388 e. The van der Waals surface area contributed by atoms with Crippen molar-refractivity contribution >= 4 is 15.7 Å². The molecule has 1 aromatic rings. The third-order valence-electron chi connectivity index (χ3n) is 2.55. The second-order valence-electron chi connectivity index (χ2n) is 4.29. The molecule has 0 saturated carbocycles. The highest BCUT2D eigenvalue weighted by Crippen LogP contribution is 2.20. The van der Waals surface area contributed by atoms with Gasteiger partial charge in [-0.3, -0.25) is 4.79 Å². The van der Waals surface area contributed by atoms with Crippen molar-refractivity contribution in [1.82, 2.24) is 5.32 Å². The van der Waals surface area contributed by atoms with Crippen molar-refractivity contribution in [2.75, 3.05) is 12.8 Å². The number of rotatable bonds is 5. The summed E-state index contributed by atoms with van der Waals surface area (Å²) in [5.74, 6) is -0.323. The van der Waals surface area contributed by atoms with Crippen molar-refractivity contribution in [3.63, 3.8) is 0 Å². The van der Waals surface area contributed by atoms with E-state index in [1.165, 1.54) is 31.2 Å². The molecule has 2 unspecified atom stereocenters. The fourth-order valence-electron chi connectivity index (χ4n) is 1.51. The average molecular weight is 287 g/mol. The summed E-state index contributed by atoms with van der Waals surface area (Å²) in [5.41, 5.74) is 0.278. The monoisotopic (exact) mass is 287 g/mol. The maximum Gasteiger partial charge on any atom is 0.216 e. The zero-order valence-corrected chi connectivity index (χ0v) is 11.5. The topological polar surface area (TPSA) is 104 Å². The molecule has 0 bridgehead atoms. The smallest absolute Gasteiger partial charge is 0.216 e. The van der Waals surface area contributed by atoms with Crippen LogP contribution < -0.4 is 5.32 Å². The summed E-state index contributed by atoms with van der Waals surface area (Å²) in [7, 11) is -3.37. The molecule has 2 atom stereocenters. The Balaban J connectivity index is 2.88. The first-order valence-electron chi connectivity index (χ1n) is 5.62. The van der Waals surface area contributed by atoms with Gasteiger partial charge in [0, 0.05) is 19.7 Å². The first-order chi connectivity index (χ1) is 8.71. The number of aliphatic hydroxyl groups is 2. The second kappa shape index (κ2) is 6.14. The molecule has 19 heavy (non-hydrogen) atoms. The van der Waals surface area contributed by atoms with Gasteiger partial charge in [0.2, 0.25) is 5.91 Å². The van der Waals surface area contributed by atoms with Gasteiger partial charge in [-0.15, -0.1) is 0 Å². The van der Waals surface area contributed by atoms with E-state index in [1.807, 2.05) is 0 Å². The number of aliphatic hydroxyl groups excluding tert-OH is 2. The molecule has 3 N–H and O–H groups in total. The molecule has 0 fully saturated rings. The lowest BCUT2D eigenvalue weighted by molar-refractivity contribution is -0.119. The highest BCUT2D eigenvalue weighted by atomic mass is 32.2. The van der Waals surface area contributed by atoms with Crippen LogP contribution in [0.5, 0.6) is 0 Å². The molecule has 1 aromatic carbocycles. The van der Waals surface area contributed by atoms with E-state index in [0.717, 1.165) is 6.26 Å². The Bertz CT molecular complexity index is 555. The molecule has 0 spiro atoms. The van der Waals surface area contributed by atoms with Crippen LogP contribution in [0.3, 0.4) is 0 Å². The van der Waals surface area contributed by atoms with Gasteiger partial charge in [-0.25, -0.2) is 8.42 Å². The Hall–Kier alpha value is -1.44. The minimum Gasteiger partial charge on any atom is -0.388 e. The van der Waals surface area contributed by atoms with Gasteiger partial charge < -0.3 is 15.5 Å². The lowest BCUT2D eigenvalue weighted by Gasteiger charge is -2.18. The van der Waals surface area contributed by atoms with E-state index >= 15 is 0 Å². The first kappa shape index (κ1) is 15.6. The van der Waals surface area contributed by atoms with Gasteiger partial charge in [-0.05, 0) is 17.7 Å². The molecule has 0 saturated heterocycles. The summed E-state index contributed by atoms with van der Waals surface area (Å²) in [4.78, 5) is 10.8. The highest BCUT2D eigenvalue weighted by molar-refractivity contribution is 7.90. The molecule has 1 rings (SSSR count). The van der Waals surface area contributed by atoms with E-state index in [0.29, 0.717) is 0 Å². The van der Waals surface area contributed by atoms with Crippen molar-refractivity contribution in [3.05, 3.63) is 29.8 Å². The van der Waals surface area contributed by atoms with Crippen LogP contribution in [0.15, 0.2) is 29.2 Å². The van der Waals surface area contributed by atoms with Crippen LogP contribution in [0, 0.1) is 0 Å². The lowest BCUT2D eigenvalue weighted by Crippen LogP contribution is -2.34. The molecule has 0 heterocycles. The lowest BCUT2D eigenvalue weighted by atomic mass is 10.0. The number of hydrogen-bond donors (Lipinski definition) is 3. The third kappa shape index (κ3) is 4.62. The normalized spacial score (nSPS) is 14.7. The molecule has 0 aliphatic rings. The number of amides is 1. The fourth-order valence-corrected chi connectivity index (χ4v) is 2.19. The number of benzene rings is 1. The van der Waals surface area contributed by atoms with Gasteiger partial charge in [0.05, 0.1) is 4.90 Å². The molecular formula is C12H17NO5S. The predicted molar refractivity (Wildman–Crippen MR) is 69.2 cm³/mol. The molecule has 0 aliphatic carbocycles. The highest BCUT2D eigenvalue weighted by Gasteiger charge is 2.20. The quantitative estimate of drug-likeness (QED) is 0.685. The van der Waals surface area contributed by atoms with Gasteiger partial charge in [0.1, 0.15) is 12.2 Å². The Morgan fingerprint density at radius 2 is 2.00 bits per heavy atom. The van der Waals surface area contributed by atoms with Crippen molar-refractivity contribution in [2.45, 2.75) is 24.0 Å². The van der Waals surface area contributed by atoms with Gasteiger partial charge in [-0.2, -0.15) is 0 Å². The van der Waals surface area contributed by atoms with Crippen molar-refractivity contribution in [2.24, 2.45) is 0 Å². The van der Waals surface area contributed by atoms with E-state index < -0.39 is 22.0 Å². The molecule has 6 nitrogen and oxygen atoms in total. The summed E-state index contributed by atoms with van der Waals surface area (Å²) < 4.78 is 22.8. The Labute approximate surface area is 112 Å². The Morgan fingerprint density at radius 3 is 2.53 bits per heavy atom. The van der Waals surface area contributed by atoms with E-state index in [2.05, 4.69) is 5.32 Å². The molecular weight excluding hydrogens is 270 g/mol. The zero-order valence-electron chi connectivity index (χ0n) is 10.7. The third-order valence-corrected chi connectivity index (χ3v) is 3.66. The summed E-state index contributed by atoms with van der Waals surface area (Å²) in [6.45, 7) is 1.18.